The molecule has 2 aliphatic heterocycles. The van der Waals surface area contributed by atoms with E-state index < -0.39 is 0 Å². The maximum Gasteiger partial charge on any atom is 0.272 e. The fourth-order valence-corrected chi connectivity index (χ4v) is 4.73. The van der Waals surface area contributed by atoms with Gasteiger partial charge in [-0.3, -0.25) is 9.59 Å². The standard InChI is InChI=1S/C20H28N4O2/c1-14-11-17(22-15(2)21-14)18(25)24-10-8-20(13-24)7-4-9-23(19(20)26)12-16-5-3-6-16/h11,16H,3-10,12-13H2,1-2H3. The largest absolute Gasteiger partial charge is 0.342 e. The van der Waals surface area contributed by atoms with Crippen LogP contribution in [0, 0.1) is 25.2 Å². The molecule has 0 aromatic carbocycles. The van der Waals surface area contributed by atoms with Crippen LogP contribution in [-0.2, 0) is 4.79 Å². The summed E-state index contributed by atoms with van der Waals surface area (Å²) in [6, 6.07) is 1.74. The first-order valence-corrected chi connectivity index (χ1v) is 9.88. The van der Waals surface area contributed by atoms with Crippen molar-refractivity contribution in [2.45, 2.75) is 52.4 Å². The second-order valence-electron chi connectivity index (χ2n) is 8.35. The molecule has 140 valence electrons. The molecule has 0 N–H and O–H groups in total. The molecule has 1 aliphatic carbocycles. The smallest absolute Gasteiger partial charge is 0.272 e. The van der Waals surface area contributed by atoms with Crippen molar-refractivity contribution in [1.29, 1.82) is 0 Å². The van der Waals surface area contributed by atoms with Gasteiger partial charge in [-0.2, -0.15) is 0 Å². The number of nitrogens with zero attached hydrogens (tertiary/aromatic N) is 4. The van der Waals surface area contributed by atoms with Gasteiger partial charge in [0.05, 0.1) is 5.41 Å². The van der Waals surface area contributed by atoms with Crippen LogP contribution in [0.1, 0.15) is 60.5 Å². The maximum absolute atomic E-state index is 13.2. The van der Waals surface area contributed by atoms with Crippen molar-refractivity contribution in [2.75, 3.05) is 26.2 Å². The summed E-state index contributed by atoms with van der Waals surface area (Å²) in [5.41, 5.74) is 0.881. The van der Waals surface area contributed by atoms with Gasteiger partial charge in [0.2, 0.25) is 5.91 Å². The summed E-state index contributed by atoms with van der Waals surface area (Å²) in [7, 11) is 0. The lowest BCUT2D eigenvalue weighted by Gasteiger charge is -2.42. The molecule has 2 amide bonds. The molecular formula is C20H28N4O2. The number of aryl methyl sites for hydroxylation is 2. The highest BCUT2D eigenvalue weighted by Crippen LogP contribution is 2.41. The molecule has 0 radical (unpaired) electrons. The van der Waals surface area contributed by atoms with Crippen molar-refractivity contribution in [3.8, 4) is 0 Å². The first-order valence-electron chi connectivity index (χ1n) is 9.88. The first-order chi connectivity index (χ1) is 12.5. The van der Waals surface area contributed by atoms with Crippen molar-refractivity contribution in [1.82, 2.24) is 19.8 Å². The number of likely N-dealkylation sites (tertiary alicyclic amines) is 2. The van der Waals surface area contributed by atoms with Gasteiger partial charge < -0.3 is 9.80 Å². The van der Waals surface area contributed by atoms with Gasteiger partial charge in [-0.1, -0.05) is 6.42 Å². The van der Waals surface area contributed by atoms with Crippen LogP contribution in [0.5, 0.6) is 0 Å². The van der Waals surface area contributed by atoms with Crippen LogP contribution in [0.25, 0.3) is 0 Å². The molecule has 3 aliphatic rings. The lowest BCUT2D eigenvalue weighted by Crippen LogP contribution is -2.52. The van der Waals surface area contributed by atoms with Gasteiger partial charge in [-0.05, 0) is 57.9 Å². The first kappa shape index (κ1) is 17.4. The molecule has 1 atom stereocenters. The van der Waals surface area contributed by atoms with E-state index in [-0.39, 0.29) is 17.2 Å². The Bertz CT molecular complexity index is 710. The average molecular weight is 356 g/mol. The third-order valence-corrected chi connectivity index (χ3v) is 6.35. The molecule has 1 unspecified atom stereocenters. The van der Waals surface area contributed by atoms with Crippen molar-refractivity contribution >= 4 is 11.8 Å². The monoisotopic (exact) mass is 356 g/mol. The van der Waals surface area contributed by atoms with Crippen molar-refractivity contribution in [2.24, 2.45) is 11.3 Å². The highest BCUT2D eigenvalue weighted by molar-refractivity contribution is 5.94. The number of carbonyl (C=O) groups is 2. The van der Waals surface area contributed by atoms with Crippen LogP contribution < -0.4 is 0 Å². The van der Waals surface area contributed by atoms with E-state index in [1.807, 2.05) is 11.8 Å². The number of hydrogen-bond acceptors (Lipinski definition) is 4. The highest BCUT2D eigenvalue weighted by Gasteiger charge is 2.49. The van der Waals surface area contributed by atoms with E-state index in [9.17, 15) is 9.59 Å². The Balaban J connectivity index is 1.47. The summed E-state index contributed by atoms with van der Waals surface area (Å²) in [5, 5.41) is 0. The number of piperidine rings is 1. The summed E-state index contributed by atoms with van der Waals surface area (Å²) < 4.78 is 0. The van der Waals surface area contributed by atoms with Crippen LogP contribution in [0.3, 0.4) is 0 Å². The molecule has 2 saturated heterocycles. The molecule has 1 saturated carbocycles. The third-order valence-electron chi connectivity index (χ3n) is 6.35. The predicted molar refractivity (Wildman–Crippen MR) is 97.6 cm³/mol. The van der Waals surface area contributed by atoms with Gasteiger partial charge in [-0.15, -0.1) is 0 Å². The molecule has 4 rings (SSSR count). The van der Waals surface area contributed by atoms with Gasteiger partial charge in [0, 0.05) is 31.9 Å². The Morgan fingerprint density at radius 3 is 2.69 bits per heavy atom. The summed E-state index contributed by atoms with van der Waals surface area (Å²) in [6.07, 6.45) is 6.55. The lowest BCUT2D eigenvalue weighted by molar-refractivity contribution is -0.146. The van der Waals surface area contributed by atoms with E-state index in [1.54, 1.807) is 13.0 Å². The van der Waals surface area contributed by atoms with Crippen molar-refractivity contribution in [3.05, 3.63) is 23.3 Å². The second kappa shape index (κ2) is 6.63. The fraction of sp³-hybridized carbons (Fsp3) is 0.700. The fourth-order valence-electron chi connectivity index (χ4n) is 4.73. The number of amides is 2. The van der Waals surface area contributed by atoms with Crippen molar-refractivity contribution < 1.29 is 9.59 Å². The average Bonchev–Trinajstić information content (AvgIpc) is 2.98. The van der Waals surface area contributed by atoms with Gasteiger partial charge in [0.15, 0.2) is 0 Å². The molecule has 1 spiro atoms. The third kappa shape index (κ3) is 3.10. The minimum absolute atomic E-state index is 0.0700. The quantitative estimate of drug-likeness (QED) is 0.834. The molecule has 3 heterocycles. The van der Waals surface area contributed by atoms with Gasteiger partial charge in [0.25, 0.3) is 5.91 Å². The van der Waals surface area contributed by atoms with Crippen LogP contribution in [-0.4, -0.2) is 57.8 Å². The maximum atomic E-state index is 13.2. The summed E-state index contributed by atoms with van der Waals surface area (Å²) in [6.45, 7) is 6.66. The Labute approximate surface area is 155 Å². The number of aromatic nitrogens is 2. The van der Waals surface area contributed by atoms with Crippen molar-refractivity contribution in [3.63, 3.8) is 0 Å². The molecule has 3 fully saturated rings. The van der Waals surface area contributed by atoms with E-state index in [1.165, 1.54) is 19.3 Å². The van der Waals surface area contributed by atoms with E-state index in [2.05, 4.69) is 14.9 Å². The van der Waals surface area contributed by atoms with Gasteiger partial charge in [-0.25, -0.2) is 9.97 Å². The zero-order valence-electron chi connectivity index (χ0n) is 15.8. The second-order valence-corrected chi connectivity index (χ2v) is 8.35. The highest BCUT2D eigenvalue weighted by atomic mass is 16.2. The van der Waals surface area contributed by atoms with Gasteiger partial charge in [0.1, 0.15) is 11.5 Å². The van der Waals surface area contributed by atoms with E-state index in [4.69, 9.17) is 0 Å². The Hall–Kier alpha value is -1.98. The SMILES string of the molecule is Cc1cc(C(=O)N2CCC3(CCCN(CC4CCC4)C3=O)C2)nc(C)n1. The van der Waals surface area contributed by atoms with E-state index in [0.717, 1.165) is 38.0 Å². The normalized spacial score (nSPS) is 26.5. The molecule has 0 bridgehead atoms. The Kier molecular flexibility index (Phi) is 4.45. The zero-order valence-corrected chi connectivity index (χ0v) is 15.8. The number of rotatable bonds is 3. The van der Waals surface area contributed by atoms with E-state index >= 15 is 0 Å². The summed E-state index contributed by atoms with van der Waals surface area (Å²) >= 11 is 0. The van der Waals surface area contributed by atoms with E-state index in [0.29, 0.717) is 30.5 Å². The van der Waals surface area contributed by atoms with Crippen LogP contribution in [0.15, 0.2) is 6.07 Å². The van der Waals surface area contributed by atoms with Crippen LogP contribution in [0.2, 0.25) is 0 Å². The molecule has 1 aromatic rings. The zero-order chi connectivity index (χ0) is 18.3. The van der Waals surface area contributed by atoms with Crippen LogP contribution >= 0.6 is 0 Å². The number of carbonyl (C=O) groups excluding carboxylic acids is 2. The lowest BCUT2D eigenvalue weighted by atomic mass is 9.77. The topological polar surface area (TPSA) is 66.4 Å². The predicted octanol–water partition coefficient (Wildman–Crippen LogP) is 2.35. The minimum Gasteiger partial charge on any atom is -0.342 e. The Morgan fingerprint density at radius 1 is 1.19 bits per heavy atom. The molecule has 26 heavy (non-hydrogen) atoms. The Morgan fingerprint density at radius 2 is 2.00 bits per heavy atom. The summed E-state index contributed by atoms with van der Waals surface area (Å²) in [5.74, 6) is 1.52. The minimum atomic E-state index is -0.366. The van der Waals surface area contributed by atoms with Crippen LogP contribution in [0.4, 0.5) is 0 Å². The molecule has 1 aromatic heterocycles. The molecule has 6 heteroatoms. The molecule has 6 nitrogen and oxygen atoms in total. The molecular weight excluding hydrogens is 328 g/mol. The number of hydrogen-bond donors (Lipinski definition) is 0. The van der Waals surface area contributed by atoms with Gasteiger partial charge >= 0.3 is 0 Å². The summed E-state index contributed by atoms with van der Waals surface area (Å²) in [4.78, 5) is 38.6.